The lowest BCUT2D eigenvalue weighted by molar-refractivity contribution is -0.385. The van der Waals surface area contributed by atoms with Crippen molar-refractivity contribution in [1.82, 2.24) is 0 Å². The standard InChI is InChI=1S/C16H12ClNO4/c17-14-7-3-1-6-13(14)11-22-16(19)10-9-12-5-2-4-8-15(12)18(20)21/h1-10H,11H2/b10-9+. The molecule has 0 N–H and O–H groups in total. The third-order valence-electron chi connectivity index (χ3n) is 2.86. The first-order chi connectivity index (χ1) is 10.6. The van der Waals surface area contributed by atoms with Crippen LogP contribution in [0, 0.1) is 10.1 Å². The van der Waals surface area contributed by atoms with Crippen LogP contribution >= 0.6 is 11.6 Å². The molecule has 5 nitrogen and oxygen atoms in total. The van der Waals surface area contributed by atoms with E-state index in [1.165, 1.54) is 12.1 Å². The van der Waals surface area contributed by atoms with Gasteiger partial charge < -0.3 is 4.74 Å². The van der Waals surface area contributed by atoms with Crippen molar-refractivity contribution in [3.05, 3.63) is 80.9 Å². The zero-order valence-electron chi connectivity index (χ0n) is 11.4. The first kappa shape index (κ1) is 15.7. The fourth-order valence-corrected chi connectivity index (χ4v) is 1.96. The van der Waals surface area contributed by atoms with Crippen molar-refractivity contribution in [2.75, 3.05) is 0 Å². The summed E-state index contributed by atoms with van der Waals surface area (Å²) < 4.78 is 5.05. The van der Waals surface area contributed by atoms with Crippen LogP contribution in [-0.2, 0) is 16.1 Å². The largest absolute Gasteiger partial charge is 0.458 e. The third-order valence-corrected chi connectivity index (χ3v) is 3.23. The second-order valence-electron chi connectivity index (χ2n) is 4.35. The normalized spacial score (nSPS) is 10.6. The predicted molar refractivity (Wildman–Crippen MR) is 83.4 cm³/mol. The Bertz CT molecular complexity index is 728. The summed E-state index contributed by atoms with van der Waals surface area (Å²) in [5.41, 5.74) is 0.955. The molecule has 0 aliphatic heterocycles. The SMILES string of the molecule is O=C(/C=C/c1ccccc1[N+](=O)[O-])OCc1ccccc1Cl. The molecular weight excluding hydrogens is 306 g/mol. The van der Waals surface area contributed by atoms with Gasteiger partial charge in [0.2, 0.25) is 0 Å². The minimum absolute atomic E-state index is 0.0414. The van der Waals surface area contributed by atoms with Gasteiger partial charge in [-0.25, -0.2) is 4.79 Å². The number of nitrogens with zero attached hydrogens (tertiary/aromatic N) is 1. The molecule has 0 amide bonds. The second-order valence-corrected chi connectivity index (χ2v) is 4.76. The van der Waals surface area contributed by atoms with Gasteiger partial charge in [-0.2, -0.15) is 0 Å². The summed E-state index contributed by atoms with van der Waals surface area (Å²) in [7, 11) is 0. The second kappa shape index (κ2) is 7.38. The average molecular weight is 318 g/mol. The summed E-state index contributed by atoms with van der Waals surface area (Å²) in [5.74, 6) is -0.599. The van der Waals surface area contributed by atoms with Gasteiger partial charge in [0.05, 0.1) is 10.5 Å². The maximum Gasteiger partial charge on any atom is 0.331 e. The highest BCUT2D eigenvalue weighted by Crippen LogP contribution is 2.19. The minimum Gasteiger partial charge on any atom is -0.458 e. The van der Waals surface area contributed by atoms with Gasteiger partial charge in [-0.15, -0.1) is 0 Å². The van der Waals surface area contributed by atoms with Crippen LogP contribution in [0.2, 0.25) is 5.02 Å². The third kappa shape index (κ3) is 4.17. The Morgan fingerprint density at radius 1 is 1.18 bits per heavy atom. The Labute approximate surface area is 131 Å². The molecular formula is C16H12ClNO4. The lowest BCUT2D eigenvalue weighted by Gasteiger charge is -2.04. The molecule has 0 aromatic heterocycles. The molecule has 0 spiro atoms. The molecule has 6 heteroatoms. The van der Waals surface area contributed by atoms with Crippen LogP contribution in [0.3, 0.4) is 0 Å². The molecule has 0 unspecified atom stereocenters. The van der Waals surface area contributed by atoms with Gasteiger partial charge in [-0.3, -0.25) is 10.1 Å². The van der Waals surface area contributed by atoms with Gasteiger partial charge in [0.1, 0.15) is 6.61 Å². The zero-order valence-corrected chi connectivity index (χ0v) is 12.2. The van der Waals surface area contributed by atoms with Gasteiger partial charge in [-0.05, 0) is 18.2 Å². The molecule has 112 valence electrons. The van der Waals surface area contributed by atoms with E-state index < -0.39 is 10.9 Å². The first-order valence-corrected chi connectivity index (χ1v) is 6.77. The Morgan fingerprint density at radius 3 is 2.59 bits per heavy atom. The fourth-order valence-electron chi connectivity index (χ4n) is 1.76. The van der Waals surface area contributed by atoms with Crippen molar-refractivity contribution >= 4 is 29.3 Å². The van der Waals surface area contributed by atoms with Crippen LogP contribution in [0.5, 0.6) is 0 Å². The van der Waals surface area contributed by atoms with Crippen molar-refractivity contribution in [3.63, 3.8) is 0 Å². The quantitative estimate of drug-likeness (QED) is 0.361. The summed E-state index contributed by atoms with van der Waals surface area (Å²) in [4.78, 5) is 22.0. The molecule has 0 radical (unpaired) electrons. The number of nitro benzene ring substituents is 1. The van der Waals surface area contributed by atoms with E-state index in [0.29, 0.717) is 16.1 Å². The van der Waals surface area contributed by atoms with Crippen LogP contribution in [0.15, 0.2) is 54.6 Å². The Kier molecular flexibility index (Phi) is 5.27. The van der Waals surface area contributed by atoms with Crippen LogP contribution in [0.4, 0.5) is 5.69 Å². The number of esters is 1. The maximum atomic E-state index is 11.7. The average Bonchev–Trinajstić information content (AvgIpc) is 2.52. The lowest BCUT2D eigenvalue weighted by atomic mass is 10.1. The van der Waals surface area contributed by atoms with Crippen molar-refractivity contribution in [2.24, 2.45) is 0 Å². The number of hydrogen-bond donors (Lipinski definition) is 0. The monoisotopic (exact) mass is 317 g/mol. The zero-order chi connectivity index (χ0) is 15.9. The fraction of sp³-hybridized carbons (Fsp3) is 0.0625. The number of para-hydroxylation sites is 1. The Morgan fingerprint density at radius 2 is 1.86 bits per heavy atom. The number of nitro groups is 1. The van der Waals surface area contributed by atoms with E-state index >= 15 is 0 Å². The van der Waals surface area contributed by atoms with Crippen LogP contribution in [-0.4, -0.2) is 10.9 Å². The van der Waals surface area contributed by atoms with Crippen molar-refractivity contribution in [2.45, 2.75) is 6.61 Å². The van der Waals surface area contributed by atoms with E-state index in [-0.39, 0.29) is 12.3 Å². The van der Waals surface area contributed by atoms with Crippen LogP contribution < -0.4 is 0 Å². The minimum atomic E-state index is -0.599. The number of halogens is 1. The summed E-state index contributed by atoms with van der Waals surface area (Å²) in [5, 5.41) is 11.4. The lowest BCUT2D eigenvalue weighted by Crippen LogP contribution is -2.01. The molecule has 0 heterocycles. The molecule has 0 aliphatic rings. The smallest absolute Gasteiger partial charge is 0.331 e. The van der Waals surface area contributed by atoms with Crippen LogP contribution in [0.1, 0.15) is 11.1 Å². The predicted octanol–water partition coefficient (Wildman–Crippen LogP) is 4.00. The van der Waals surface area contributed by atoms with Crippen LogP contribution in [0.25, 0.3) is 6.08 Å². The summed E-state index contributed by atoms with van der Waals surface area (Å²) in [6.45, 7) is 0.0414. The number of carbonyl (C=O) groups is 1. The van der Waals surface area contributed by atoms with Gasteiger partial charge in [-0.1, -0.05) is 41.9 Å². The molecule has 0 fully saturated rings. The summed E-state index contributed by atoms with van der Waals surface area (Å²) in [6.07, 6.45) is 2.51. The number of ether oxygens (including phenoxy) is 1. The van der Waals surface area contributed by atoms with E-state index in [0.717, 1.165) is 6.08 Å². The molecule has 0 aliphatic carbocycles. The molecule has 0 atom stereocenters. The molecule has 0 bridgehead atoms. The Balaban J connectivity index is 2.01. The highest BCUT2D eigenvalue weighted by Gasteiger charge is 2.10. The molecule has 2 rings (SSSR count). The summed E-state index contributed by atoms with van der Waals surface area (Å²) in [6, 6.07) is 13.2. The van der Waals surface area contributed by atoms with E-state index in [1.807, 2.05) is 0 Å². The topological polar surface area (TPSA) is 69.4 Å². The van der Waals surface area contributed by atoms with Crippen molar-refractivity contribution < 1.29 is 14.5 Å². The molecule has 0 saturated heterocycles. The van der Waals surface area contributed by atoms with E-state index in [1.54, 1.807) is 42.5 Å². The Hall–Kier alpha value is -2.66. The van der Waals surface area contributed by atoms with Gasteiger partial charge in [0, 0.05) is 22.7 Å². The number of hydrogen-bond acceptors (Lipinski definition) is 4. The maximum absolute atomic E-state index is 11.7. The van der Waals surface area contributed by atoms with Crippen molar-refractivity contribution in [3.8, 4) is 0 Å². The highest BCUT2D eigenvalue weighted by atomic mass is 35.5. The van der Waals surface area contributed by atoms with Gasteiger partial charge in [0.25, 0.3) is 5.69 Å². The highest BCUT2D eigenvalue weighted by molar-refractivity contribution is 6.31. The van der Waals surface area contributed by atoms with E-state index in [4.69, 9.17) is 16.3 Å². The van der Waals surface area contributed by atoms with E-state index in [2.05, 4.69) is 0 Å². The molecule has 0 saturated carbocycles. The number of benzene rings is 2. The van der Waals surface area contributed by atoms with E-state index in [9.17, 15) is 14.9 Å². The van der Waals surface area contributed by atoms with Crippen molar-refractivity contribution in [1.29, 1.82) is 0 Å². The summed E-state index contributed by atoms with van der Waals surface area (Å²) >= 11 is 5.95. The number of carbonyl (C=O) groups excluding carboxylic acids is 1. The van der Waals surface area contributed by atoms with Gasteiger partial charge >= 0.3 is 5.97 Å². The molecule has 22 heavy (non-hydrogen) atoms. The first-order valence-electron chi connectivity index (χ1n) is 6.39. The number of rotatable bonds is 5. The van der Waals surface area contributed by atoms with Gasteiger partial charge in [0.15, 0.2) is 0 Å². The molecule has 2 aromatic rings. The molecule has 2 aromatic carbocycles.